The van der Waals surface area contributed by atoms with Gasteiger partial charge < -0.3 is 0 Å². The average molecular weight is 210 g/mol. The Morgan fingerprint density at radius 2 is 1.47 bits per heavy atom. The lowest BCUT2D eigenvalue weighted by molar-refractivity contribution is -0.105. The zero-order valence-electron chi connectivity index (χ0n) is 10.6. The highest BCUT2D eigenvalue weighted by atomic mass is 16.1. The summed E-state index contributed by atoms with van der Waals surface area (Å²) in [5.74, 6) is 0. The van der Waals surface area contributed by atoms with Crippen LogP contribution in [0.5, 0.6) is 0 Å². The summed E-state index contributed by atoms with van der Waals surface area (Å²) in [5.41, 5.74) is 2.37. The molecule has 0 atom stereocenters. The van der Waals surface area contributed by atoms with Gasteiger partial charge in [0.15, 0.2) is 0 Å². The van der Waals surface area contributed by atoms with Crippen LogP contribution in [0.1, 0.15) is 72.1 Å². The number of aldehydes is 1. The fourth-order valence-electron chi connectivity index (χ4n) is 1.74. The normalized spacial score (nSPS) is 12.5. The zero-order valence-corrected chi connectivity index (χ0v) is 10.6. The Balaban J connectivity index is 3.96. The third kappa shape index (κ3) is 7.35. The monoisotopic (exact) mass is 210 g/mol. The van der Waals surface area contributed by atoms with Gasteiger partial charge in [0.25, 0.3) is 0 Å². The van der Waals surface area contributed by atoms with Crippen molar-refractivity contribution in [3.8, 4) is 0 Å². The molecule has 0 aromatic carbocycles. The predicted molar refractivity (Wildman–Crippen MR) is 67.0 cm³/mol. The second-order valence-corrected chi connectivity index (χ2v) is 4.34. The fourth-order valence-corrected chi connectivity index (χ4v) is 1.74. The molecule has 1 nitrogen and oxygen atoms in total. The average Bonchev–Trinajstić information content (AvgIpc) is 2.24. The van der Waals surface area contributed by atoms with E-state index >= 15 is 0 Å². The molecule has 0 rings (SSSR count). The van der Waals surface area contributed by atoms with Crippen molar-refractivity contribution in [1.82, 2.24) is 0 Å². The van der Waals surface area contributed by atoms with E-state index in [1.807, 2.05) is 0 Å². The smallest absolute Gasteiger partial charge is 0.145 e. The lowest BCUT2D eigenvalue weighted by Crippen LogP contribution is -1.92. The van der Waals surface area contributed by atoms with Crippen LogP contribution in [0.25, 0.3) is 0 Å². The van der Waals surface area contributed by atoms with Gasteiger partial charge in [-0.15, -0.1) is 0 Å². The van der Waals surface area contributed by atoms with Crippen molar-refractivity contribution >= 4 is 6.29 Å². The molecule has 0 aromatic heterocycles. The summed E-state index contributed by atoms with van der Waals surface area (Å²) in [6.45, 7) is 6.52. The SMILES string of the molecule is CCCCCC(C)=C(C=O)CCCCC. The van der Waals surface area contributed by atoms with Crippen LogP contribution >= 0.6 is 0 Å². The number of allylic oxidation sites excluding steroid dienone is 2. The van der Waals surface area contributed by atoms with Crippen molar-refractivity contribution in [1.29, 1.82) is 0 Å². The molecule has 0 aliphatic heterocycles. The van der Waals surface area contributed by atoms with E-state index in [1.54, 1.807) is 0 Å². The van der Waals surface area contributed by atoms with Gasteiger partial charge in [0.1, 0.15) is 6.29 Å². The molecule has 0 bridgehead atoms. The zero-order chi connectivity index (χ0) is 11.5. The minimum atomic E-state index is 0.981. The van der Waals surface area contributed by atoms with Crippen molar-refractivity contribution in [2.24, 2.45) is 0 Å². The Labute approximate surface area is 95.0 Å². The minimum Gasteiger partial charge on any atom is -0.298 e. The summed E-state index contributed by atoms with van der Waals surface area (Å²) in [6.07, 6.45) is 10.5. The largest absolute Gasteiger partial charge is 0.298 e. The van der Waals surface area contributed by atoms with E-state index in [-0.39, 0.29) is 0 Å². The number of unbranched alkanes of at least 4 members (excludes halogenated alkanes) is 4. The van der Waals surface area contributed by atoms with Crippen molar-refractivity contribution in [2.75, 3.05) is 0 Å². The third-order valence-corrected chi connectivity index (χ3v) is 2.90. The van der Waals surface area contributed by atoms with Gasteiger partial charge in [-0.1, -0.05) is 45.1 Å². The molecule has 88 valence electrons. The first-order chi connectivity index (χ1) is 7.26. The molecule has 0 spiro atoms. The van der Waals surface area contributed by atoms with Crippen molar-refractivity contribution in [3.63, 3.8) is 0 Å². The van der Waals surface area contributed by atoms with Gasteiger partial charge in [0.2, 0.25) is 0 Å². The topological polar surface area (TPSA) is 17.1 Å². The quantitative estimate of drug-likeness (QED) is 0.307. The molecule has 0 fully saturated rings. The van der Waals surface area contributed by atoms with Crippen LogP contribution in [-0.2, 0) is 4.79 Å². The molecule has 0 radical (unpaired) electrons. The lowest BCUT2D eigenvalue weighted by atomic mass is 9.99. The molecular formula is C14H26O. The van der Waals surface area contributed by atoms with Gasteiger partial charge in [0, 0.05) is 0 Å². The summed E-state index contributed by atoms with van der Waals surface area (Å²) in [5, 5.41) is 0. The minimum absolute atomic E-state index is 0.981. The van der Waals surface area contributed by atoms with Crippen molar-refractivity contribution in [2.45, 2.75) is 72.1 Å². The maximum atomic E-state index is 10.9. The van der Waals surface area contributed by atoms with Crippen LogP contribution in [0.4, 0.5) is 0 Å². The molecule has 0 unspecified atom stereocenters. The molecule has 0 aromatic rings. The second kappa shape index (κ2) is 9.95. The molecule has 0 aliphatic rings. The van der Waals surface area contributed by atoms with Crippen LogP contribution in [0.2, 0.25) is 0 Å². The van der Waals surface area contributed by atoms with Crippen LogP contribution < -0.4 is 0 Å². The van der Waals surface area contributed by atoms with E-state index in [4.69, 9.17) is 0 Å². The Hall–Kier alpha value is -0.590. The predicted octanol–water partition coefficient (Wildman–Crippen LogP) is 4.66. The highest BCUT2D eigenvalue weighted by Crippen LogP contribution is 2.16. The van der Waals surface area contributed by atoms with E-state index in [9.17, 15) is 4.79 Å². The first kappa shape index (κ1) is 14.4. The van der Waals surface area contributed by atoms with E-state index in [1.165, 1.54) is 37.7 Å². The van der Waals surface area contributed by atoms with Crippen LogP contribution in [0.3, 0.4) is 0 Å². The van der Waals surface area contributed by atoms with Gasteiger partial charge in [-0.05, 0) is 38.2 Å². The standard InChI is InChI=1S/C14H26O/c1-4-6-8-10-13(3)14(12-15)11-9-7-5-2/h12H,4-11H2,1-3H3. The van der Waals surface area contributed by atoms with Gasteiger partial charge in [-0.3, -0.25) is 4.79 Å². The summed E-state index contributed by atoms with van der Waals surface area (Å²) >= 11 is 0. The highest BCUT2D eigenvalue weighted by molar-refractivity contribution is 5.74. The molecule has 0 N–H and O–H groups in total. The van der Waals surface area contributed by atoms with E-state index in [0.29, 0.717) is 0 Å². The number of hydrogen-bond donors (Lipinski definition) is 0. The Morgan fingerprint density at radius 3 is 1.93 bits per heavy atom. The maximum Gasteiger partial charge on any atom is 0.145 e. The number of hydrogen-bond acceptors (Lipinski definition) is 1. The van der Waals surface area contributed by atoms with Crippen LogP contribution in [-0.4, -0.2) is 6.29 Å². The number of carbonyl (C=O) groups excluding carboxylic acids is 1. The van der Waals surface area contributed by atoms with Crippen molar-refractivity contribution in [3.05, 3.63) is 11.1 Å². The molecule has 0 saturated carbocycles. The van der Waals surface area contributed by atoms with Crippen LogP contribution in [0, 0.1) is 0 Å². The molecule has 0 heterocycles. The molecular weight excluding hydrogens is 184 g/mol. The molecule has 0 aliphatic carbocycles. The van der Waals surface area contributed by atoms with E-state index in [0.717, 1.165) is 31.1 Å². The van der Waals surface area contributed by atoms with Gasteiger partial charge in [0.05, 0.1) is 0 Å². The molecule has 0 saturated heterocycles. The van der Waals surface area contributed by atoms with E-state index < -0.39 is 0 Å². The van der Waals surface area contributed by atoms with E-state index in [2.05, 4.69) is 20.8 Å². The van der Waals surface area contributed by atoms with Gasteiger partial charge in [-0.2, -0.15) is 0 Å². The Morgan fingerprint density at radius 1 is 0.933 bits per heavy atom. The first-order valence-electron chi connectivity index (χ1n) is 6.40. The van der Waals surface area contributed by atoms with Crippen LogP contribution in [0.15, 0.2) is 11.1 Å². The lowest BCUT2D eigenvalue weighted by Gasteiger charge is -2.06. The summed E-state index contributed by atoms with van der Waals surface area (Å²) < 4.78 is 0. The molecule has 0 amide bonds. The maximum absolute atomic E-state index is 10.9. The highest BCUT2D eigenvalue weighted by Gasteiger charge is 2.01. The third-order valence-electron chi connectivity index (χ3n) is 2.90. The van der Waals surface area contributed by atoms with Crippen molar-refractivity contribution < 1.29 is 4.79 Å². The summed E-state index contributed by atoms with van der Waals surface area (Å²) in [7, 11) is 0. The molecule has 1 heteroatoms. The fraction of sp³-hybridized carbons (Fsp3) is 0.786. The van der Waals surface area contributed by atoms with Gasteiger partial charge in [-0.25, -0.2) is 0 Å². The molecule has 15 heavy (non-hydrogen) atoms. The Bertz CT molecular complexity index is 192. The van der Waals surface area contributed by atoms with Gasteiger partial charge >= 0.3 is 0 Å². The first-order valence-corrected chi connectivity index (χ1v) is 6.40. The Kier molecular flexibility index (Phi) is 9.55. The summed E-state index contributed by atoms with van der Waals surface area (Å²) in [4.78, 5) is 10.9. The summed E-state index contributed by atoms with van der Waals surface area (Å²) in [6, 6.07) is 0. The second-order valence-electron chi connectivity index (χ2n) is 4.34. The number of carbonyl (C=O) groups is 1. The number of rotatable bonds is 9.